The third kappa shape index (κ3) is 6.42. The highest BCUT2D eigenvalue weighted by Gasteiger charge is 2.41. The molecular formula is C25H50P2. The Morgan fingerprint density at radius 1 is 0.481 bits per heavy atom. The molecule has 0 amide bonds. The zero-order valence-corrected chi connectivity index (χ0v) is 21.1. The quantitative estimate of drug-likeness (QED) is 0.381. The van der Waals surface area contributed by atoms with Gasteiger partial charge in [-0.15, -0.1) is 0 Å². The second kappa shape index (κ2) is 12.5. The molecule has 2 unspecified atom stereocenters. The Kier molecular flexibility index (Phi) is 11.2. The molecule has 27 heavy (non-hydrogen) atoms. The van der Waals surface area contributed by atoms with Gasteiger partial charge in [-0.25, -0.2) is 0 Å². The van der Waals surface area contributed by atoms with Gasteiger partial charge in [0.25, 0.3) is 0 Å². The van der Waals surface area contributed by atoms with Crippen molar-refractivity contribution in [1.29, 1.82) is 0 Å². The van der Waals surface area contributed by atoms with E-state index < -0.39 is 0 Å². The highest BCUT2D eigenvalue weighted by Crippen LogP contribution is 2.69. The molecule has 0 aromatic rings. The van der Waals surface area contributed by atoms with Gasteiger partial charge in [0.1, 0.15) is 0 Å². The summed E-state index contributed by atoms with van der Waals surface area (Å²) in [6, 6.07) is 0. The summed E-state index contributed by atoms with van der Waals surface area (Å²) < 4.78 is 0. The van der Waals surface area contributed by atoms with Crippen LogP contribution in [0.15, 0.2) is 0 Å². The molecular weight excluding hydrogens is 362 g/mol. The molecule has 0 aromatic heterocycles. The lowest BCUT2D eigenvalue weighted by atomic mass is 9.94. The Morgan fingerprint density at radius 3 is 1.19 bits per heavy atom. The largest absolute Gasteiger partial charge is 0.0959 e. The molecule has 2 aliphatic heterocycles. The maximum Gasteiger partial charge on any atom is -0.00965 e. The lowest BCUT2D eigenvalue weighted by Gasteiger charge is -2.47. The van der Waals surface area contributed by atoms with Crippen molar-refractivity contribution < 1.29 is 0 Å². The summed E-state index contributed by atoms with van der Waals surface area (Å²) in [6.45, 7) is 10.2. The number of hydrogen-bond acceptors (Lipinski definition) is 0. The van der Waals surface area contributed by atoms with E-state index in [0.717, 1.165) is 10.3 Å². The molecule has 0 N–H and O–H groups in total. The summed E-state index contributed by atoms with van der Waals surface area (Å²) in [6.07, 6.45) is 27.4. The van der Waals surface area contributed by atoms with Gasteiger partial charge in [0.15, 0.2) is 0 Å². The van der Waals surface area contributed by atoms with Gasteiger partial charge in [-0.05, 0) is 79.9 Å². The van der Waals surface area contributed by atoms with Crippen LogP contribution in [0, 0.1) is 0 Å². The molecule has 0 nitrogen and oxygen atoms in total. The molecule has 2 saturated heterocycles. The van der Waals surface area contributed by atoms with E-state index in [2.05, 4.69) is 27.7 Å². The van der Waals surface area contributed by atoms with Gasteiger partial charge in [-0.1, -0.05) is 94.9 Å². The molecule has 0 aliphatic carbocycles. The highest BCUT2D eigenvalue weighted by molar-refractivity contribution is 7.76. The van der Waals surface area contributed by atoms with E-state index in [1.165, 1.54) is 77.0 Å². The van der Waals surface area contributed by atoms with Crippen molar-refractivity contribution in [3.63, 3.8) is 0 Å². The zero-order chi connectivity index (χ0) is 19.6. The van der Waals surface area contributed by atoms with Crippen molar-refractivity contribution in [2.45, 2.75) is 141 Å². The van der Waals surface area contributed by atoms with E-state index in [9.17, 15) is 0 Å². The van der Waals surface area contributed by atoms with E-state index in [-0.39, 0.29) is 15.8 Å². The second-order valence-electron chi connectivity index (χ2n) is 9.57. The van der Waals surface area contributed by atoms with E-state index in [0.29, 0.717) is 0 Å². The van der Waals surface area contributed by atoms with Crippen molar-refractivity contribution in [2.24, 2.45) is 0 Å². The third-order valence-corrected chi connectivity index (χ3v) is 17.3. The summed E-state index contributed by atoms with van der Waals surface area (Å²) in [7, 11) is 0.453. The normalized spacial score (nSPS) is 30.2. The maximum atomic E-state index is 2.54. The predicted molar refractivity (Wildman–Crippen MR) is 130 cm³/mol. The van der Waals surface area contributed by atoms with Crippen LogP contribution >= 0.6 is 15.8 Å². The fraction of sp³-hybridized carbons (Fsp3) is 1.00. The van der Waals surface area contributed by atoms with Crippen LogP contribution in [0.5, 0.6) is 0 Å². The van der Waals surface area contributed by atoms with Gasteiger partial charge in [0.2, 0.25) is 0 Å². The summed E-state index contributed by atoms with van der Waals surface area (Å²) >= 11 is 0. The average molecular weight is 413 g/mol. The van der Waals surface area contributed by atoms with Crippen LogP contribution in [0.25, 0.3) is 0 Å². The van der Waals surface area contributed by atoms with Gasteiger partial charge in [0.05, 0.1) is 0 Å². The van der Waals surface area contributed by atoms with Crippen LogP contribution in [0.3, 0.4) is 0 Å². The first-order valence-corrected chi connectivity index (χ1v) is 16.1. The van der Waals surface area contributed by atoms with Gasteiger partial charge >= 0.3 is 0 Å². The van der Waals surface area contributed by atoms with Crippen LogP contribution in [0.2, 0.25) is 0 Å². The van der Waals surface area contributed by atoms with Crippen molar-refractivity contribution in [3.8, 4) is 0 Å². The SMILES string of the molecule is CCC1(CC)CCCCCCCP1CP1CCCCCCCC1(CC)CC. The molecule has 2 aliphatic rings. The molecule has 0 radical (unpaired) electrons. The Morgan fingerprint density at radius 2 is 0.815 bits per heavy atom. The molecule has 0 spiro atoms. The fourth-order valence-corrected chi connectivity index (χ4v) is 16.2. The number of rotatable bonds is 6. The van der Waals surface area contributed by atoms with Crippen molar-refractivity contribution >= 4 is 15.8 Å². The minimum absolute atomic E-state index is 0.227. The van der Waals surface area contributed by atoms with E-state index in [1.54, 1.807) is 43.9 Å². The fourth-order valence-electron chi connectivity index (χ4n) is 6.11. The smallest absolute Gasteiger partial charge is 0.00965 e. The first-order chi connectivity index (χ1) is 13.2. The first-order valence-electron chi connectivity index (χ1n) is 12.7. The maximum absolute atomic E-state index is 2.54. The Labute approximate surface area is 174 Å². The van der Waals surface area contributed by atoms with Crippen molar-refractivity contribution in [1.82, 2.24) is 0 Å². The van der Waals surface area contributed by atoms with E-state index >= 15 is 0 Å². The Balaban J connectivity index is 2.26. The predicted octanol–water partition coefficient (Wildman–Crippen LogP) is 9.73. The average Bonchev–Trinajstić information content (AvgIpc) is 2.87. The molecule has 2 atom stereocenters. The molecule has 0 saturated carbocycles. The monoisotopic (exact) mass is 412 g/mol. The minimum atomic E-state index is 0.227. The molecule has 0 bridgehead atoms. The minimum Gasteiger partial charge on any atom is -0.0959 e. The third-order valence-electron chi connectivity index (χ3n) is 8.46. The summed E-state index contributed by atoms with van der Waals surface area (Å²) in [5.74, 6) is 1.69. The van der Waals surface area contributed by atoms with E-state index in [4.69, 9.17) is 0 Å². The molecule has 0 aromatic carbocycles. The summed E-state index contributed by atoms with van der Waals surface area (Å²) in [5, 5.41) is 1.46. The van der Waals surface area contributed by atoms with Crippen LogP contribution < -0.4 is 0 Å². The van der Waals surface area contributed by atoms with Crippen LogP contribution in [-0.4, -0.2) is 28.5 Å². The van der Waals surface area contributed by atoms with Crippen LogP contribution in [0.4, 0.5) is 0 Å². The van der Waals surface area contributed by atoms with Crippen molar-refractivity contribution in [2.75, 3.05) is 18.2 Å². The van der Waals surface area contributed by atoms with Crippen molar-refractivity contribution in [3.05, 3.63) is 0 Å². The first kappa shape index (κ1) is 24.1. The van der Waals surface area contributed by atoms with Crippen LogP contribution in [0.1, 0.15) is 130 Å². The molecule has 2 heteroatoms. The highest BCUT2D eigenvalue weighted by atomic mass is 31.2. The summed E-state index contributed by atoms with van der Waals surface area (Å²) in [5.41, 5.74) is 0. The lowest BCUT2D eigenvalue weighted by molar-refractivity contribution is 0.465. The van der Waals surface area contributed by atoms with Gasteiger partial charge in [-0.3, -0.25) is 0 Å². The van der Waals surface area contributed by atoms with Gasteiger partial charge in [0, 0.05) is 0 Å². The topological polar surface area (TPSA) is 0 Å². The molecule has 160 valence electrons. The lowest BCUT2D eigenvalue weighted by Crippen LogP contribution is -2.31. The molecule has 2 heterocycles. The molecule has 2 rings (SSSR count). The molecule has 2 fully saturated rings. The zero-order valence-electron chi connectivity index (χ0n) is 19.3. The van der Waals surface area contributed by atoms with Gasteiger partial charge < -0.3 is 0 Å². The van der Waals surface area contributed by atoms with Crippen LogP contribution in [-0.2, 0) is 0 Å². The second-order valence-corrected chi connectivity index (χ2v) is 15.6. The number of hydrogen-bond donors (Lipinski definition) is 0. The Bertz CT molecular complexity index is 348. The Hall–Kier alpha value is 0.860. The van der Waals surface area contributed by atoms with Gasteiger partial charge in [-0.2, -0.15) is 0 Å². The van der Waals surface area contributed by atoms with E-state index in [1.807, 2.05) is 0 Å². The standard InChI is InChI=1S/C25H50P2/c1-5-24(6-2)19-15-11-9-13-17-21-26(24)23-27-22-18-14-10-12-16-20-25(27,7-3)8-4/h5-23H2,1-4H3. The summed E-state index contributed by atoms with van der Waals surface area (Å²) in [4.78, 5) is 0.